The van der Waals surface area contributed by atoms with Gasteiger partial charge in [-0.05, 0) is 67.9 Å². The summed E-state index contributed by atoms with van der Waals surface area (Å²) in [7, 11) is 0. The molecule has 1 saturated heterocycles. The molecule has 2 fully saturated rings. The standard InChI is InChI=1S/C28H43N3O2/c1-5-14-31(27(33)17-21-8-6-20(2)7-9-21)22-12-15-30(16-13-22)26-11-10-23-24(29-26)18-28(3,4)19-25(23)32/h10-11,20-22H,5-9,12-19H2,1-4H3. The van der Waals surface area contributed by atoms with E-state index in [9.17, 15) is 9.59 Å². The number of fused-ring (bicyclic) bond motifs is 1. The number of piperidine rings is 1. The second kappa shape index (κ2) is 10.1. The fourth-order valence-electron chi connectivity index (χ4n) is 6.16. The Morgan fingerprint density at radius 1 is 1.09 bits per heavy atom. The van der Waals surface area contributed by atoms with Crippen molar-refractivity contribution < 1.29 is 9.59 Å². The van der Waals surface area contributed by atoms with Crippen LogP contribution in [-0.2, 0) is 11.2 Å². The maximum Gasteiger partial charge on any atom is 0.223 e. The van der Waals surface area contributed by atoms with Crippen molar-refractivity contribution in [3.8, 4) is 0 Å². The summed E-state index contributed by atoms with van der Waals surface area (Å²) in [5.74, 6) is 3.00. The van der Waals surface area contributed by atoms with Crippen LogP contribution in [-0.4, -0.2) is 47.3 Å². The Labute approximate surface area is 200 Å². The Bertz CT molecular complexity index is 849. The van der Waals surface area contributed by atoms with Crippen LogP contribution in [0.15, 0.2) is 12.1 Å². The average molecular weight is 454 g/mol. The Balaban J connectivity index is 1.37. The molecule has 1 amide bonds. The van der Waals surface area contributed by atoms with Crippen LogP contribution in [0.4, 0.5) is 5.82 Å². The molecule has 0 aromatic carbocycles. The van der Waals surface area contributed by atoms with E-state index in [1.165, 1.54) is 25.7 Å². The van der Waals surface area contributed by atoms with Gasteiger partial charge >= 0.3 is 0 Å². The number of aromatic nitrogens is 1. The van der Waals surface area contributed by atoms with Gasteiger partial charge in [-0.2, -0.15) is 0 Å². The SMILES string of the molecule is CCCN(C(=O)CC1CCC(C)CC1)C1CCN(c2ccc3c(n2)CC(C)(C)CC3=O)CC1. The van der Waals surface area contributed by atoms with E-state index in [2.05, 4.69) is 37.5 Å². The number of ketones is 1. The lowest BCUT2D eigenvalue weighted by atomic mass is 9.76. The number of hydrogen-bond acceptors (Lipinski definition) is 4. The number of hydrogen-bond donors (Lipinski definition) is 0. The number of rotatable bonds is 6. The van der Waals surface area contributed by atoms with Gasteiger partial charge in [0.05, 0.1) is 5.69 Å². The van der Waals surface area contributed by atoms with E-state index >= 15 is 0 Å². The molecule has 33 heavy (non-hydrogen) atoms. The highest BCUT2D eigenvalue weighted by molar-refractivity contribution is 5.98. The third kappa shape index (κ3) is 5.78. The fourth-order valence-corrected chi connectivity index (χ4v) is 6.16. The van der Waals surface area contributed by atoms with E-state index in [4.69, 9.17) is 4.98 Å². The van der Waals surface area contributed by atoms with Crippen LogP contribution < -0.4 is 4.90 Å². The monoisotopic (exact) mass is 453 g/mol. The van der Waals surface area contributed by atoms with Gasteiger partial charge in [-0.15, -0.1) is 0 Å². The molecule has 182 valence electrons. The zero-order valence-corrected chi connectivity index (χ0v) is 21.2. The molecule has 0 radical (unpaired) electrons. The van der Waals surface area contributed by atoms with Gasteiger partial charge in [0.25, 0.3) is 0 Å². The van der Waals surface area contributed by atoms with E-state index in [-0.39, 0.29) is 11.2 Å². The van der Waals surface area contributed by atoms with Crippen LogP contribution in [0.2, 0.25) is 0 Å². The van der Waals surface area contributed by atoms with Crippen molar-refractivity contribution in [2.24, 2.45) is 17.3 Å². The number of amides is 1. The fraction of sp³-hybridized carbons (Fsp3) is 0.750. The Kier molecular flexibility index (Phi) is 7.45. The van der Waals surface area contributed by atoms with Gasteiger partial charge in [-0.1, -0.05) is 40.5 Å². The van der Waals surface area contributed by atoms with Crippen LogP contribution in [0.25, 0.3) is 0 Å². The molecule has 1 aromatic rings. The first kappa shape index (κ1) is 24.2. The molecule has 0 N–H and O–H groups in total. The largest absolute Gasteiger partial charge is 0.356 e. The summed E-state index contributed by atoms with van der Waals surface area (Å²) in [5, 5.41) is 0. The molecular formula is C28H43N3O2. The Hall–Kier alpha value is -1.91. The minimum absolute atomic E-state index is 0.0138. The van der Waals surface area contributed by atoms with E-state index < -0.39 is 0 Å². The van der Waals surface area contributed by atoms with Crippen LogP contribution >= 0.6 is 0 Å². The highest BCUT2D eigenvalue weighted by atomic mass is 16.2. The lowest BCUT2D eigenvalue weighted by molar-refractivity contribution is -0.135. The third-order valence-corrected chi connectivity index (χ3v) is 8.16. The van der Waals surface area contributed by atoms with Gasteiger partial charge < -0.3 is 9.80 Å². The number of carbonyl (C=O) groups is 2. The number of anilines is 1. The van der Waals surface area contributed by atoms with Gasteiger partial charge in [-0.3, -0.25) is 9.59 Å². The summed E-state index contributed by atoms with van der Waals surface area (Å²) in [5.41, 5.74) is 1.75. The Morgan fingerprint density at radius 3 is 2.45 bits per heavy atom. The summed E-state index contributed by atoms with van der Waals surface area (Å²) in [4.78, 5) is 35.2. The normalized spacial score (nSPS) is 25.6. The molecule has 0 spiro atoms. The maximum absolute atomic E-state index is 13.3. The second-order valence-electron chi connectivity index (χ2n) is 11.7. The highest BCUT2D eigenvalue weighted by Gasteiger charge is 2.33. The number of nitrogens with zero attached hydrogens (tertiary/aromatic N) is 3. The predicted octanol–water partition coefficient (Wildman–Crippen LogP) is 5.66. The first-order chi connectivity index (χ1) is 15.8. The molecule has 2 aliphatic carbocycles. The molecule has 1 saturated carbocycles. The van der Waals surface area contributed by atoms with Crippen molar-refractivity contribution in [1.82, 2.24) is 9.88 Å². The third-order valence-electron chi connectivity index (χ3n) is 8.16. The number of Topliss-reactive ketones (excluding diaryl/α,β-unsaturated/α-hetero) is 1. The van der Waals surface area contributed by atoms with Gasteiger partial charge in [0.15, 0.2) is 5.78 Å². The summed E-state index contributed by atoms with van der Waals surface area (Å²) in [6.45, 7) is 11.5. The quantitative estimate of drug-likeness (QED) is 0.558. The molecule has 5 nitrogen and oxygen atoms in total. The van der Waals surface area contributed by atoms with E-state index in [0.29, 0.717) is 24.3 Å². The van der Waals surface area contributed by atoms with Gasteiger partial charge in [0, 0.05) is 44.1 Å². The van der Waals surface area contributed by atoms with Crippen molar-refractivity contribution in [2.75, 3.05) is 24.5 Å². The molecule has 5 heteroatoms. The molecular weight excluding hydrogens is 410 g/mol. The zero-order chi connectivity index (χ0) is 23.6. The minimum Gasteiger partial charge on any atom is -0.356 e. The first-order valence-corrected chi connectivity index (χ1v) is 13.3. The topological polar surface area (TPSA) is 53.5 Å². The summed E-state index contributed by atoms with van der Waals surface area (Å²) in [6.07, 6.45) is 10.2. The Morgan fingerprint density at radius 2 is 1.79 bits per heavy atom. The summed E-state index contributed by atoms with van der Waals surface area (Å²) < 4.78 is 0. The summed E-state index contributed by atoms with van der Waals surface area (Å²) >= 11 is 0. The molecule has 4 rings (SSSR count). The van der Waals surface area contributed by atoms with E-state index in [0.717, 1.165) is 74.7 Å². The highest BCUT2D eigenvalue weighted by Crippen LogP contribution is 2.35. The molecule has 0 atom stereocenters. The maximum atomic E-state index is 13.3. The van der Waals surface area contributed by atoms with Crippen molar-refractivity contribution in [3.63, 3.8) is 0 Å². The van der Waals surface area contributed by atoms with Crippen molar-refractivity contribution in [3.05, 3.63) is 23.4 Å². The van der Waals surface area contributed by atoms with Crippen molar-refractivity contribution >= 4 is 17.5 Å². The lowest BCUT2D eigenvalue weighted by Crippen LogP contribution is -2.48. The number of carbonyl (C=O) groups excluding carboxylic acids is 2. The molecule has 0 unspecified atom stereocenters. The molecule has 3 aliphatic rings. The zero-order valence-electron chi connectivity index (χ0n) is 21.2. The lowest BCUT2D eigenvalue weighted by Gasteiger charge is -2.40. The molecule has 1 aliphatic heterocycles. The van der Waals surface area contributed by atoms with Crippen molar-refractivity contribution in [1.29, 1.82) is 0 Å². The van der Waals surface area contributed by atoms with E-state index in [1.54, 1.807) is 0 Å². The average Bonchev–Trinajstić information content (AvgIpc) is 2.78. The molecule has 1 aromatic heterocycles. The smallest absolute Gasteiger partial charge is 0.223 e. The van der Waals surface area contributed by atoms with Gasteiger partial charge in [-0.25, -0.2) is 4.98 Å². The predicted molar refractivity (Wildman–Crippen MR) is 134 cm³/mol. The van der Waals surface area contributed by atoms with Crippen LogP contribution in [0.5, 0.6) is 0 Å². The van der Waals surface area contributed by atoms with Gasteiger partial charge in [0.2, 0.25) is 5.91 Å². The van der Waals surface area contributed by atoms with Gasteiger partial charge in [0.1, 0.15) is 5.82 Å². The molecule has 0 bridgehead atoms. The molecule has 2 heterocycles. The van der Waals surface area contributed by atoms with Crippen molar-refractivity contribution in [2.45, 2.75) is 97.9 Å². The first-order valence-electron chi connectivity index (χ1n) is 13.3. The minimum atomic E-state index is -0.0138. The number of pyridine rings is 1. The van der Waals surface area contributed by atoms with Crippen LogP contribution in [0, 0.1) is 17.3 Å². The second-order valence-corrected chi connectivity index (χ2v) is 11.7. The van der Waals surface area contributed by atoms with Crippen LogP contribution in [0.3, 0.4) is 0 Å². The van der Waals surface area contributed by atoms with E-state index in [1.807, 2.05) is 12.1 Å². The summed E-state index contributed by atoms with van der Waals surface area (Å²) in [6, 6.07) is 4.35. The van der Waals surface area contributed by atoms with Crippen LogP contribution in [0.1, 0.15) is 102 Å².